The van der Waals surface area contributed by atoms with E-state index in [9.17, 15) is 14.0 Å². The van der Waals surface area contributed by atoms with E-state index in [1.54, 1.807) is 0 Å². The number of benzene rings is 1. The lowest BCUT2D eigenvalue weighted by Crippen LogP contribution is -2.41. The number of carboxylic acid groups (broad SMARTS) is 1. The fourth-order valence-electron chi connectivity index (χ4n) is 1.37. The SMILES string of the molecule is COCCC(NC(=O)c1ccccc1F)C(=O)O. The van der Waals surface area contributed by atoms with Crippen molar-refractivity contribution in [1.82, 2.24) is 5.32 Å². The number of aliphatic carboxylic acids is 1. The molecule has 6 heteroatoms. The van der Waals surface area contributed by atoms with Gasteiger partial charge >= 0.3 is 5.97 Å². The van der Waals surface area contributed by atoms with Crippen LogP contribution >= 0.6 is 0 Å². The number of methoxy groups -OCH3 is 1. The molecule has 1 rings (SSSR count). The first-order valence-electron chi connectivity index (χ1n) is 5.33. The van der Waals surface area contributed by atoms with Crippen LogP contribution in [0.25, 0.3) is 0 Å². The molecule has 98 valence electrons. The van der Waals surface area contributed by atoms with Gasteiger partial charge in [-0.2, -0.15) is 0 Å². The number of nitrogens with one attached hydrogen (secondary N) is 1. The lowest BCUT2D eigenvalue weighted by atomic mass is 10.1. The van der Waals surface area contributed by atoms with Gasteiger partial charge in [-0.1, -0.05) is 12.1 Å². The highest BCUT2D eigenvalue weighted by atomic mass is 19.1. The molecule has 0 spiro atoms. The van der Waals surface area contributed by atoms with Gasteiger partial charge in [-0.3, -0.25) is 4.79 Å². The van der Waals surface area contributed by atoms with E-state index in [1.165, 1.54) is 25.3 Å². The third-order valence-electron chi connectivity index (χ3n) is 2.33. The average molecular weight is 255 g/mol. The van der Waals surface area contributed by atoms with Crippen LogP contribution in [0.2, 0.25) is 0 Å². The van der Waals surface area contributed by atoms with Crippen molar-refractivity contribution in [1.29, 1.82) is 0 Å². The largest absolute Gasteiger partial charge is 0.480 e. The standard InChI is InChI=1S/C12H14FNO4/c1-18-7-6-10(12(16)17)14-11(15)8-4-2-3-5-9(8)13/h2-5,10H,6-7H2,1H3,(H,14,15)(H,16,17). The molecule has 0 aliphatic heterocycles. The summed E-state index contributed by atoms with van der Waals surface area (Å²) in [5, 5.41) is 11.2. The summed E-state index contributed by atoms with van der Waals surface area (Å²) in [7, 11) is 1.43. The van der Waals surface area contributed by atoms with E-state index in [0.29, 0.717) is 0 Å². The molecule has 0 bridgehead atoms. The van der Waals surface area contributed by atoms with Crippen molar-refractivity contribution >= 4 is 11.9 Å². The number of hydrogen-bond acceptors (Lipinski definition) is 3. The topological polar surface area (TPSA) is 75.6 Å². The molecule has 0 fully saturated rings. The highest BCUT2D eigenvalue weighted by Gasteiger charge is 2.21. The van der Waals surface area contributed by atoms with Gasteiger partial charge in [0.15, 0.2) is 0 Å². The zero-order chi connectivity index (χ0) is 13.5. The summed E-state index contributed by atoms with van der Waals surface area (Å²) in [6.45, 7) is 0.189. The first-order chi connectivity index (χ1) is 8.56. The zero-order valence-corrected chi connectivity index (χ0v) is 9.85. The van der Waals surface area contributed by atoms with Gasteiger partial charge in [0.2, 0.25) is 0 Å². The van der Waals surface area contributed by atoms with Crippen LogP contribution in [0.5, 0.6) is 0 Å². The lowest BCUT2D eigenvalue weighted by molar-refractivity contribution is -0.139. The van der Waals surface area contributed by atoms with Crippen LogP contribution in [0, 0.1) is 5.82 Å². The van der Waals surface area contributed by atoms with Crippen LogP contribution in [0.4, 0.5) is 4.39 Å². The lowest BCUT2D eigenvalue weighted by Gasteiger charge is -2.14. The van der Waals surface area contributed by atoms with Gasteiger partial charge in [0.05, 0.1) is 5.56 Å². The molecule has 1 amide bonds. The Kier molecular flexibility index (Phi) is 5.26. The van der Waals surface area contributed by atoms with Crippen molar-refractivity contribution in [3.05, 3.63) is 35.6 Å². The second-order valence-corrected chi connectivity index (χ2v) is 3.63. The minimum atomic E-state index is -1.18. The molecule has 1 aromatic carbocycles. The highest BCUT2D eigenvalue weighted by Crippen LogP contribution is 2.07. The number of carbonyl (C=O) groups is 2. The maximum absolute atomic E-state index is 13.3. The summed E-state index contributed by atoms with van der Waals surface area (Å²) in [6.07, 6.45) is 0.117. The molecule has 5 nitrogen and oxygen atoms in total. The number of ether oxygens (including phenoxy) is 1. The Morgan fingerprint density at radius 2 is 2.11 bits per heavy atom. The van der Waals surface area contributed by atoms with Crippen LogP contribution in [0.3, 0.4) is 0 Å². The van der Waals surface area contributed by atoms with Crippen LogP contribution in [-0.2, 0) is 9.53 Å². The quantitative estimate of drug-likeness (QED) is 0.796. The third kappa shape index (κ3) is 3.81. The van der Waals surface area contributed by atoms with Crippen molar-refractivity contribution in [2.24, 2.45) is 0 Å². The fraction of sp³-hybridized carbons (Fsp3) is 0.333. The normalized spacial score (nSPS) is 11.9. The second-order valence-electron chi connectivity index (χ2n) is 3.63. The molecule has 0 saturated heterocycles. The molecule has 0 radical (unpaired) electrons. The van der Waals surface area contributed by atoms with E-state index in [4.69, 9.17) is 9.84 Å². The van der Waals surface area contributed by atoms with Gasteiger partial charge in [0, 0.05) is 20.1 Å². The van der Waals surface area contributed by atoms with E-state index >= 15 is 0 Å². The molecular formula is C12H14FNO4. The van der Waals surface area contributed by atoms with Gasteiger partial charge in [-0.25, -0.2) is 9.18 Å². The molecular weight excluding hydrogens is 241 g/mol. The van der Waals surface area contributed by atoms with Crippen molar-refractivity contribution in [3.63, 3.8) is 0 Å². The number of carbonyl (C=O) groups excluding carboxylic acids is 1. The van der Waals surface area contributed by atoms with Gasteiger partial charge in [0.1, 0.15) is 11.9 Å². The predicted octanol–water partition coefficient (Wildman–Crippen LogP) is 1.05. The van der Waals surface area contributed by atoms with E-state index in [2.05, 4.69) is 5.32 Å². The molecule has 0 aromatic heterocycles. The summed E-state index contributed by atoms with van der Waals surface area (Å²) in [5.41, 5.74) is -0.179. The van der Waals surface area contributed by atoms with E-state index in [0.717, 1.165) is 6.07 Å². The molecule has 1 atom stereocenters. The molecule has 18 heavy (non-hydrogen) atoms. The number of rotatable bonds is 6. The monoisotopic (exact) mass is 255 g/mol. The van der Waals surface area contributed by atoms with E-state index in [1.807, 2.05) is 0 Å². The average Bonchev–Trinajstić information content (AvgIpc) is 2.34. The predicted molar refractivity (Wildman–Crippen MR) is 61.8 cm³/mol. The summed E-state index contributed by atoms with van der Waals surface area (Å²) >= 11 is 0. The zero-order valence-electron chi connectivity index (χ0n) is 9.85. The molecule has 1 unspecified atom stereocenters. The molecule has 1 aromatic rings. The number of carboxylic acids is 1. The number of hydrogen-bond donors (Lipinski definition) is 2. The molecule has 0 aliphatic rings. The summed E-state index contributed by atoms with van der Waals surface area (Å²) in [5.74, 6) is -2.63. The first-order valence-corrected chi connectivity index (χ1v) is 5.33. The van der Waals surface area contributed by atoms with Crippen LogP contribution in [-0.4, -0.2) is 36.7 Å². The van der Waals surface area contributed by atoms with Crippen molar-refractivity contribution < 1.29 is 23.8 Å². The Bertz CT molecular complexity index is 436. The maximum atomic E-state index is 13.3. The smallest absolute Gasteiger partial charge is 0.326 e. The van der Waals surface area contributed by atoms with Gasteiger partial charge in [-0.05, 0) is 12.1 Å². The second kappa shape index (κ2) is 6.70. The Labute approximate surface area is 104 Å². The Hall–Kier alpha value is -1.95. The van der Waals surface area contributed by atoms with Crippen LogP contribution < -0.4 is 5.32 Å². The number of halogens is 1. The maximum Gasteiger partial charge on any atom is 0.326 e. The minimum absolute atomic E-state index is 0.117. The van der Waals surface area contributed by atoms with Crippen LogP contribution in [0.15, 0.2) is 24.3 Å². The summed E-state index contributed by atoms with van der Waals surface area (Å²) in [6, 6.07) is 4.28. The van der Waals surface area contributed by atoms with Crippen LogP contribution in [0.1, 0.15) is 16.8 Å². The first kappa shape index (κ1) is 14.1. The summed E-state index contributed by atoms with van der Waals surface area (Å²) < 4.78 is 18.1. The van der Waals surface area contributed by atoms with Gasteiger partial charge < -0.3 is 15.2 Å². The Balaban J connectivity index is 2.72. The third-order valence-corrected chi connectivity index (χ3v) is 2.33. The van der Waals surface area contributed by atoms with E-state index < -0.39 is 23.7 Å². The highest BCUT2D eigenvalue weighted by molar-refractivity contribution is 5.96. The molecule has 0 aliphatic carbocycles. The van der Waals surface area contributed by atoms with E-state index in [-0.39, 0.29) is 18.6 Å². The Morgan fingerprint density at radius 1 is 1.44 bits per heavy atom. The minimum Gasteiger partial charge on any atom is -0.480 e. The van der Waals surface area contributed by atoms with Gasteiger partial charge in [0.25, 0.3) is 5.91 Å². The van der Waals surface area contributed by atoms with Gasteiger partial charge in [-0.15, -0.1) is 0 Å². The molecule has 2 N–H and O–H groups in total. The fourth-order valence-corrected chi connectivity index (χ4v) is 1.37. The van der Waals surface area contributed by atoms with Crippen molar-refractivity contribution in [3.8, 4) is 0 Å². The Morgan fingerprint density at radius 3 is 2.67 bits per heavy atom. The summed E-state index contributed by atoms with van der Waals surface area (Å²) in [4.78, 5) is 22.6. The molecule has 0 saturated carbocycles. The van der Waals surface area contributed by atoms with Crippen molar-refractivity contribution in [2.75, 3.05) is 13.7 Å². The van der Waals surface area contributed by atoms with Crippen molar-refractivity contribution in [2.45, 2.75) is 12.5 Å². The number of amides is 1. The molecule has 0 heterocycles.